The summed E-state index contributed by atoms with van der Waals surface area (Å²) in [6.45, 7) is 2.19. The molecule has 84 valence electrons. The first kappa shape index (κ1) is 12.4. The predicted octanol–water partition coefficient (Wildman–Crippen LogP) is 3.83. The molecule has 1 nitrogen and oxygen atoms in total. The average Bonchev–Trinajstić information content (AvgIpc) is 2.23. The van der Waals surface area contributed by atoms with Gasteiger partial charge in [0.25, 0.3) is 0 Å². The molecule has 0 spiro atoms. The smallest absolute Gasteiger partial charge is 0.146 e. The summed E-state index contributed by atoms with van der Waals surface area (Å²) in [5, 5.41) is 0. The summed E-state index contributed by atoms with van der Waals surface area (Å²) in [6.07, 6.45) is 3.78. The fraction of sp³-hybridized carbons (Fsp3) is 0.500. The summed E-state index contributed by atoms with van der Waals surface area (Å²) in [5.41, 5.74) is 6.65. The SMILES string of the molecule is CCCCCSCc1ccc(N)c(F)c1. The zero-order chi connectivity index (χ0) is 11.1. The van der Waals surface area contributed by atoms with Gasteiger partial charge in [-0.15, -0.1) is 0 Å². The number of hydrogen-bond donors (Lipinski definition) is 1. The van der Waals surface area contributed by atoms with E-state index in [2.05, 4.69) is 6.92 Å². The maximum Gasteiger partial charge on any atom is 0.146 e. The van der Waals surface area contributed by atoms with Crippen molar-refractivity contribution in [3.05, 3.63) is 29.6 Å². The molecule has 0 aromatic heterocycles. The van der Waals surface area contributed by atoms with Crippen molar-refractivity contribution >= 4 is 17.4 Å². The lowest BCUT2D eigenvalue weighted by Crippen LogP contribution is -1.92. The van der Waals surface area contributed by atoms with Crippen molar-refractivity contribution in [2.45, 2.75) is 31.9 Å². The van der Waals surface area contributed by atoms with Gasteiger partial charge in [-0.05, 0) is 29.9 Å². The Kier molecular flexibility index (Phi) is 5.54. The van der Waals surface area contributed by atoms with E-state index in [1.807, 2.05) is 17.8 Å². The van der Waals surface area contributed by atoms with Crippen LogP contribution in [-0.4, -0.2) is 5.75 Å². The second-order valence-electron chi connectivity index (χ2n) is 3.62. The molecule has 0 radical (unpaired) electrons. The van der Waals surface area contributed by atoms with Crippen LogP contribution in [0.5, 0.6) is 0 Å². The Morgan fingerprint density at radius 1 is 1.33 bits per heavy atom. The molecule has 0 aliphatic carbocycles. The van der Waals surface area contributed by atoms with Gasteiger partial charge < -0.3 is 5.73 Å². The molecule has 0 aliphatic rings. The molecule has 0 saturated carbocycles. The highest BCUT2D eigenvalue weighted by Gasteiger charge is 1.99. The summed E-state index contributed by atoms with van der Waals surface area (Å²) in [4.78, 5) is 0. The number of nitrogens with two attached hydrogens (primary N) is 1. The topological polar surface area (TPSA) is 26.0 Å². The normalized spacial score (nSPS) is 10.5. The number of unbranched alkanes of at least 4 members (excludes halogenated alkanes) is 2. The fourth-order valence-corrected chi connectivity index (χ4v) is 2.27. The van der Waals surface area contributed by atoms with Crippen LogP contribution in [0.1, 0.15) is 31.7 Å². The molecule has 0 aliphatic heterocycles. The molecule has 1 aromatic rings. The molecule has 1 rings (SSSR count). The van der Waals surface area contributed by atoms with Crippen LogP contribution in [-0.2, 0) is 5.75 Å². The minimum absolute atomic E-state index is 0.231. The minimum atomic E-state index is -0.304. The van der Waals surface area contributed by atoms with E-state index in [9.17, 15) is 4.39 Å². The molecule has 2 N–H and O–H groups in total. The molecule has 0 amide bonds. The number of hydrogen-bond acceptors (Lipinski definition) is 2. The first-order chi connectivity index (χ1) is 7.24. The summed E-state index contributed by atoms with van der Waals surface area (Å²) in [5.74, 6) is 1.72. The van der Waals surface area contributed by atoms with Crippen LogP contribution in [0.15, 0.2) is 18.2 Å². The maximum atomic E-state index is 13.1. The van der Waals surface area contributed by atoms with Crippen LogP contribution < -0.4 is 5.73 Å². The molecule has 0 atom stereocenters. The summed E-state index contributed by atoms with van der Waals surface area (Å²) in [6, 6.07) is 5.06. The van der Waals surface area contributed by atoms with E-state index in [1.54, 1.807) is 6.07 Å². The van der Waals surface area contributed by atoms with E-state index in [0.717, 1.165) is 17.1 Å². The van der Waals surface area contributed by atoms with Crippen molar-refractivity contribution in [3.8, 4) is 0 Å². The Balaban J connectivity index is 2.28. The second kappa shape index (κ2) is 6.72. The van der Waals surface area contributed by atoms with Gasteiger partial charge in [-0.1, -0.05) is 25.8 Å². The van der Waals surface area contributed by atoms with Gasteiger partial charge in [0.05, 0.1) is 5.69 Å². The second-order valence-corrected chi connectivity index (χ2v) is 4.72. The fourth-order valence-electron chi connectivity index (χ4n) is 1.30. The van der Waals surface area contributed by atoms with Crippen LogP contribution in [0.25, 0.3) is 0 Å². The van der Waals surface area contributed by atoms with E-state index in [4.69, 9.17) is 5.73 Å². The Bertz CT molecular complexity index is 302. The molecule has 0 unspecified atom stereocenters. The van der Waals surface area contributed by atoms with Crippen LogP contribution in [0, 0.1) is 5.82 Å². The molecule has 3 heteroatoms. The molecule has 15 heavy (non-hydrogen) atoms. The van der Waals surface area contributed by atoms with Gasteiger partial charge in [0, 0.05) is 5.75 Å². The van der Waals surface area contributed by atoms with Gasteiger partial charge in [0.1, 0.15) is 5.82 Å². The van der Waals surface area contributed by atoms with Gasteiger partial charge in [-0.25, -0.2) is 4.39 Å². The monoisotopic (exact) mass is 227 g/mol. The Labute approximate surface area is 95.2 Å². The van der Waals surface area contributed by atoms with E-state index in [-0.39, 0.29) is 11.5 Å². The maximum absolute atomic E-state index is 13.1. The van der Waals surface area contributed by atoms with Crippen molar-refractivity contribution in [1.29, 1.82) is 0 Å². The standard InChI is InChI=1S/C12H18FNS/c1-2-3-4-7-15-9-10-5-6-12(14)11(13)8-10/h5-6,8H,2-4,7,9,14H2,1H3. The lowest BCUT2D eigenvalue weighted by molar-refractivity contribution is 0.631. The van der Waals surface area contributed by atoms with Crippen molar-refractivity contribution < 1.29 is 4.39 Å². The van der Waals surface area contributed by atoms with E-state index in [0.29, 0.717) is 0 Å². The predicted molar refractivity (Wildman–Crippen MR) is 66.5 cm³/mol. The zero-order valence-electron chi connectivity index (χ0n) is 9.13. The highest BCUT2D eigenvalue weighted by atomic mass is 32.2. The molecule has 0 fully saturated rings. The molecular formula is C12H18FNS. The number of rotatable bonds is 6. The zero-order valence-corrected chi connectivity index (χ0v) is 9.95. The van der Waals surface area contributed by atoms with Gasteiger partial charge in [-0.2, -0.15) is 11.8 Å². The molecule has 0 heterocycles. The Morgan fingerprint density at radius 2 is 2.13 bits per heavy atom. The summed E-state index contributed by atoms with van der Waals surface area (Å²) < 4.78 is 13.1. The summed E-state index contributed by atoms with van der Waals surface area (Å²) >= 11 is 1.85. The Hall–Kier alpha value is -0.700. The van der Waals surface area contributed by atoms with Crippen molar-refractivity contribution in [2.24, 2.45) is 0 Å². The molecular weight excluding hydrogens is 209 g/mol. The van der Waals surface area contributed by atoms with Gasteiger partial charge in [-0.3, -0.25) is 0 Å². The third kappa shape index (κ3) is 4.56. The number of thioether (sulfide) groups is 1. The first-order valence-electron chi connectivity index (χ1n) is 5.35. The van der Waals surface area contributed by atoms with Crippen LogP contribution in [0.4, 0.5) is 10.1 Å². The van der Waals surface area contributed by atoms with Crippen molar-refractivity contribution in [1.82, 2.24) is 0 Å². The molecule has 0 saturated heterocycles. The lowest BCUT2D eigenvalue weighted by Gasteiger charge is -2.03. The minimum Gasteiger partial charge on any atom is -0.396 e. The van der Waals surface area contributed by atoms with Gasteiger partial charge >= 0.3 is 0 Å². The number of anilines is 1. The van der Waals surface area contributed by atoms with E-state index >= 15 is 0 Å². The average molecular weight is 227 g/mol. The molecule has 1 aromatic carbocycles. The van der Waals surface area contributed by atoms with E-state index in [1.165, 1.54) is 25.3 Å². The number of nitrogen functional groups attached to an aromatic ring is 1. The third-order valence-electron chi connectivity index (χ3n) is 2.23. The largest absolute Gasteiger partial charge is 0.396 e. The highest BCUT2D eigenvalue weighted by molar-refractivity contribution is 7.98. The van der Waals surface area contributed by atoms with Crippen LogP contribution >= 0.6 is 11.8 Å². The Morgan fingerprint density at radius 3 is 2.80 bits per heavy atom. The van der Waals surface area contributed by atoms with Gasteiger partial charge in [0.15, 0.2) is 0 Å². The van der Waals surface area contributed by atoms with Crippen LogP contribution in [0.3, 0.4) is 0 Å². The third-order valence-corrected chi connectivity index (χ3v) is 3.34. The number of benzene rings is 1. The van der Waals surface area contributed by atoms with E-state index < -0.39 is 0 Å². The first-order valence-corrected chi connectivity index (χ1v) is 6.51. The lowest BCUT2D eigenvalue weighted by atomic mass is 10.2. The molecule has 0 bridgehead atoms. The van der Waals surface area contributed by atoms with Gasteiger partial charge in [0.2, 0.25) is 0 Å². The quantitative estimate of drug-likeness (QED) is 0.590. The summed E-state index contributed by atoms with van der Waals surface area (Å²) in [7, 11) is 0. The van der Waals surface area contributed by atoms with Crippen molar-refractivity contribution in [3.63, 3.8) is 0 Å². The van der Waals surface area contributed by atoms with Crippen LogP contribution in [0.2, 0.25) is 0 Å². The number of halogens is 1. The highest BCUT2D eigenvalue weighted by Crippen LogP contribution is 2.18. The van der Waals surface area contributed by atoms with Crippen molar-refractivity contribution in [2.75, 3.05) is 11.5 Å².